The van der Waals surface area contributed by atoms with Crippen molar-refractivity contribution in [3.05, 3.63) is 0 Å². The summed E-state index contributed by atoms with van der Waals surface area (Å²) in [5.41, 5.74) is -1.90. The molecular weight excluding hydrogens is 344 g/mol. The normalized spacial score (nSPS) is 47.8. The van der Waals surface area contributed by atoms with Gasteiger partial charge in [0.1, 0.15) is 48.8 Å². The fraction of sp³-hybridized carbons (Fsp3) is 0.929. The molecule has 0 bridgehead atoms. The van der Waals surface area contributed by atoms with Crippen molar-refractivity contribution in [1.29, 1.82) is 0 Å². The maximum Gasteiger partial charge on any atom is 0.175 e. The molecule has 2 aliphatic rings. The van der Waals surface area contributed by atoms with Gasteiger partial charge in [-0.2, -0.15) is 0 Å². The predicted octanol–water partition coefficient (Wildman–Crippen LogP) is -5.10. The van der Waals surface area contributed by atoms with Crippen LogP contribution in [-0.2, 0) is 19.0 Å². The average Bonchev–Trinajstić information content (AvgIpc) is 2.86. The minimum Gasteiger partial charge on any atom is -0.394 e. The van der Waals surface area contributed by atoms with E-state index in [4.69, 9.17) is 24.4 Å². The molecule has 11 nitrogen and oxygen atoms in total. The Labute approximate surface area is 143 Å². The van der Waals surface area contributed by atoms with Crippen LogP contribution in [0.15, 0.2) is 0 Å². The number of aliphatic hydroxyl groups excluding tert-OH is 7. The van der Waals surface area contributed by atoms with Crippen molar-refractivity contribution in [2.45, 2.75) is 54.4 Å². The molecule has 2 fully saturated rings. The van der Waals surface area contributed by atoms with Gasteiger partial charge < -0.3 is 50.0 Å². The third-order valence-corrected chi connectivity index (χ3v) is 4.56. The number of rotatable bonds is 7. The Morgan fingerprint density at radius 3 is 2.00 bits per heavy atom. The maximum atomic E-state index is 11.3. The molecule has 0 aliphatic carbocycles. The molecule has 2 saturated heterocycles. The van der Waals surface area contributed by atoms with Crippen LogP contribution >= 0.6 is 0 Å². The summed E-state index contributed by atoms with van der Waals surface area (Å²) in [6.07, 6.45) is -10.8. The lowest BCUT2D eigenvalue weighted by Crippen LogP contribution is -2.60. The van der Waals surface area contributed by atoms with Crippen molar-refractivity contribution in [2.75, 3.05) is 26.4 Å². The quantitative estimate of drug-likeness (QED) is 0.213. The van der Waals surface area contributed by atoms with Gasteiger partial charge in [-0.15, -0.1) is 0 Å². The van der Waals surface area contributed by atoms with Gasteiger partial charge in [0, 0.05) is 0 Å². The van der Waals surface area contributed by atoms with Gasteiger partial charge in [-0.25, -0.2) is 0 Å². The number of carbonyl (C=O) groups excluding carboxylic acids is 1. The highest BCUT2D eigenvalue weighted by atomic mass is 16.6. The molecule has 11 heteroatoms. The first-order valence-electron chi connectivity index (χ1n) is 7.80. The minimum atomic E-state index is -1.90. The second kappa shape index (κ2) is 8.31. The fourth-order valence-electron chi connectivity index (χ4n) is 2.96. The Bertz CT molecular complexity index is 446. The van der Waals surface area contributed by atoms with Crippen molar-refractivity contribution < 1.29 is 54.8 Å². The Hall–Kier alpha value is -0.730. The van der Waals surface area contributed by atoms with Crippen LogP contribution in [0.3, 0.4) is 0 Å². The van der Waals surface area contributed by atoms with Crippen LogP contribution in [0.5, 0.6) is 0 Å². The largest absolute Gasteiger partial charge is 0.394 e. The number of carbonyl (C=O) groups is 1. The predicted molar refractivity (Wildman–Crippen MR) is 77.4 cm³/mol. The summed E-state index contributed by atoms with van der Waals surface area (Å²) in [7, 11) is 0. The minimum absolute atomic E-state index is 0.254. The van der Waals surface area contributed by atoms with Crippen molar-refractivity contribution in [3.63, 3.8) is 0 Å². The van der Waals surface area contributed by atoms with Crippen LogP contribution in [0.1, 0.15) is 0 Å². The van der Waals surface area contributed by atoms with E-state index in [1.807, 2.05) is 0 Å². The summed E-state index contributed by atoms with van der Waals surface area (Å²) >= 11 is 0. The van der Waals surface area contributed by atoms with E-state index < -0.39 is 74.3 Å². The zero-order valence-corrected chi connectivity index (χ0v) is 13.3. The lowest BCUT2D eigenvalue weighted by molar-refractivity contribution is -0.242. The summed E-state index contributed by atoms with van der Waals surface area (Å²) in [5.74, 6) is 0. The van der Waals surface area contributed by atoms with Gasteiger partial charge in [0.25, 0.3) is 0 Å². The maximum absolute atomic E-state index is 11.3. The number of aldehydes is 1. The second-order valence-corrected chi connectivity index (χ2v) is 6.23. The van der Waals surface area contributed by atoms with Gasteiger partial charge in [-0.3, -0.25) is 4.79 Å². The van der Waals surface area contributed by atoms with Crippen molar-refractivity contribution in [1.82, 2.24) is 0 Å². The number of hydrogen-bond donors (Lipinski definition) is 7. The van der Waals surface area contributed by atoms with E-state index in [9.17, 15) is 30.3 Å². The molecule has 7 N–H and O–H groups in total. The molecule has 146 valence electrons. The van der Waals surface area contributed by atoms with Gasteiger partial charge in [-0.1, -0.05) is 0 Å². The second-order valence-electron chi connectivity index (χ2n) is 6.23. The summed E-state index contributed by atoms with van der Waals surface area (Å²) in [4.78, 5) is 11.3. The molecule has 0 radical (unpaired) electrons. The SMILES string of the molecule is O=C[C@@]1(COC[C@H]2OC(CO)[C@@H](O)[C@@H](O)C2O)O[C@H](CO)C(O)[C@H]1O. The van der Waals surface area contributed by atoms with Crippen molar-refractivity contribution in [3.8, 4) is 0 Å². The van der Waals surface area contributed by atoms with Crippen LogP contribution in [0.25, 0.3) is 0 Å². The molecule has 2 rings (SSSR count). The van der Waals surface area contributed by atoms with E-state index >= 15 is 0 Å². The molecule has 0 aromatic rings. The fourth-order valence-corrected chi connectivity index (χ4v) is 2.96. The zero-order chi connectivity index (χ0) is 18.8. The molecule has 0 saturated carbocycles. The first-order chi connectivity index (χ1) is 11.8. The first-order valence-corrected chi connectivity index (χ1v) is 7.80. The molecule has 2 aliphatic heterocycles. The molecule has 0 aromatic heterocycles. The van der Waals surface area contributed by atoms with Crippen molar-refractivity contribution >= 4 is 6.29 Å². The molecule has 2 heterocycles. The van der Waals surface area contributed by atoms with E-state index in [-0.39, 0.29) is 12.9 Å². The van der Waals surface area contributed by atoms with Crippen LogP contribution in [0.2, 0.25) is 0 Å². The van der Waals surface area contributed by atoms with E-state index in [0.29, 0.717) is 0 Å². The van der Waals surface area contributed by atoms with Crippen LogP contribution < -0.4 is 0 Å². The number of aliphatic hydroxyl groups is 7. The highest BCUT2D eigenvalue weighted by molar-refractivity contribution is 5.65. The van der Waals surface area contributed by atoms with E-state index in [0.717, 1.165) is 0 Å². The van der Waals surface area contributed by atoms with E-state index in [2.05, 4.69) is 0 Å². The Morgan fingerprint density at radius 2 is 1.48 bits per heavy atom. The third kappa shape index (κ3) is 3.85. The smallest absolute Gasteiger partial charge is 0.175 e. The highest BCUT2D eigenvalue weighted by Gasteiger charge is 2.54. The Balaban J connectivity index is 1.95. The van der Waals surface area contributed by atoms with Crippen molar-refractivity contribution in [2.24, 2.45) is 0 Å². The molecule has 0 spiro atoms. The van der Waals surface area contributed by atoms with Crippen LogP contribution in [0, 0.1) is 0 Å². The lowest BCUT2D eigenvalue weighted by atomic mass is 9.95. The Kier molecular flexibility index (Phi) is 6.84. The molecule has 3 unspecified atom stereocenters. The molecule has 0 amide bonds. The van der Waals surface area contributed by atoms with E-state index in [1.165, 1.54) is 0 Å². The average molecular weight is 368 g/mol. The van der Waals surface area contributed by atoms with Gasteiger partial charge >= 0.3 is 0 Å². The van der Waals surface area contributed by atoms with Crippen LogP contribution in [-0.4, -0.2) is 123 Å². The Morgan fingerprint density at radius 1 is 0.880 bits per heavy atom. The number of hydrogen-bond acceptors (Lipinski definition) is 11. The van der Waals surface area contributed by atoms with Gasteiger partial charge in [0.2, 0.25) is 0 Å². The number of ether oxygens (including phenoxy) is 3. The van der Waals surface area contributed by atoms with Gasteiger partial charge in [-0.05, 0) is 0 Å². The standard InChI is InChI=1S/C14H24O11/c15-1-6-9(18)12(21)10(19)8(24-6)3-23-5-14(4-17)13(22)11(20)7(2-16)25-14/h4,6-13,15-16,18-22H,1-3,5H2/t6?,7-,8-,9-,10?,11?,12-,13-,14+/m1/s1. The highest BCUT2D eigenvalue weighted by Crippen LogP contribution is 2.30. The first kappa shape index (κ1) is 20.6. The summed E-state index contributed by atoms with van der Waals surface area (Å²) in [5, 5.41) is 67.2. The molecule has 9 atom stereocenters. The van der Waals surface area contributed by atoms with Gasteiger partial charge in [0.15, 0.2) is 11.9 Å². The monoisotopic (exact) mass is 368 g/mol. The summed E-state index contributed by atoms with van der Waals surface area (Å²) < 4.78 is 15.7. The molecular formula is C14H24O11. The molecule has 0 aromatic carbocycles. The third-order valence-electron chi connectivity index (χ3n) is 4.56. The lowest BCUT2D eigenvalue weighted by Gasteiger charge is -2.40. The summed E-state index contributed by atoms with van der Waals surface area (Å²) in [6, 6.07) is 0. The van der Waals surface area contributed by atoms with Crippen LogP contribution in [0.4, 0.5) is 0 Å². The summed E-state index contributed by atoms with van der Waals surface area (Å²) in [6.45, 7) is -2.07. The van der Waals surface area contributed by atoms with Gasteiger partial charge in [0.05, 0.1) is 26.4 Å². The molecule has 25 heavy (non-hydrogen) atoms. The van der Waals surface area contributed by atoms with E-state index in [1.54, 1.807) is 0 Å². The zero-order valence-electron chi connectivity index (χ0n) is 13.3. The topological polar surface area (TPSA) is 186 Å².